The number of allylic oxidation sites excluding steroid dienone is 2. The van der Waals surface area contributed by atoms with Crippen molar-refractivity contribution in [2.75, 3.05) is 0 Å². The van der Waals surface area contributed by atoms with Crippen molar-refractivity contribution in [2.24, 2.45) is 0 Å². The Labute approximate surface area is 262 Å². The highest BCUT2D eigenvalue weighted by Gasteiger charge is 2.34. The van der Waals surface area contributed by atoms with Gasteiger partial charge in [-0.05, 0) is 45.6 Å². The van der Waals surface area contributed by atoms with E-state index in [1.54, 1.807) is 0 Å². The molecular formula is C35H74O7. The van der Waals surface area contributed by atoms with E-state index in [0.717, 1.165) is 26.7 Å². The van der Waals surface area contributed by atoms with Crippen LogP contribution in [0.15, 0.2) is 25.0 Å². The summed E-state index contributed by atoms with van der Waals surface area (Å²) < 4.78 is 5.13. The van der Waals surface area contributed by atoms with Crippen molar-refractivity contribution in [2.45, 2.75) is 180 Å². The third-order valence-electron chi connectivity index (χ3n) is 5.52. The Kier molecular flexibility index (Phi) is 57.9. The Morgan fingerprint density at radius 2 is 0.976 bits per heavy atom. The number of hydrogen-bond donors (Lipinski definition) is 2. The highest BCUT2D eigenvalue weighted by atomic mass is 16.5. The van der Waals surface area contributed by atoms with Crippen LogP contribution in [0.4, 0.5) is 0 Å². The highest BCUT2D eigenvalue weighted by Crippen LogP contribution is 2.08. The summed E-state index contributed by atoms with van der Waals surface area (Å²) in [4.78, 5) is 42.5. The molecule has 0 saturated heterocycles. The molecule has 0 aliphatic heterocycles. The van der Waals surface area contributed by atoms with E-state index < -0.39 is 23.5 Å². The first-order valence-electron chi connectivity index (χ1n) is 13.8. The standard InChI is InChI=1S/C15H26O3.C10H20.C5H8O4.5CH4/c1-4-5-6-7-8-9-10-11-12-18-15(13(2)16)14(3)17;1-3-5-7-9-10-8-6-4-2;1-3(6)5(8,9)4(2)7;;;;;/h11-12,15H,4-10H2,1-3H3;3H,1,4-10H2,2H3;8-9H,1-2H3;5*1H4. The monoisotopic (exact) mass is 607 g/mol. The summed E-state index contributed by atoms with van der Waals surface area (Å²) in [6.07, 6.45) is 22.5. The van der Waals surface area contributed by atoms with Gasteiger partial charge in [0, 0.05) is 13.8 Å². The number of carbonyl (C=O) groups is 4. The number of ketones is 4. The Balaban J connectivity index is -0.0000000698. The average molecular weight is 607 g/mol. The van der Waals surface area contributed by atoms with Gasteiger partial charge >= 0.3 is 0 Å². The fourth-order valence-corrected chi connectivity index (χ4v) is 3.04. The molecule has 0 atom stereocenters. The molecule has 0 bridgehead atoms. The predicted octanol–water partition coefficient (Wildman–Crippen LogP) is 9.76. The topological polar surface area (TPSA) is 118 Å². The number of hydrogen-bond acceptors (Lipinski definition) is 7. The summed E-state index contributed by atoms with van der Waals surface area (Å²) in [5, 5.41) is 17.1. The van der Waals surface area contributed by atoms with Crippen LogP contribution in [0.1, 0.15) is 169 Å². The number of rotatable bonds is 20. The molecule has 0 spiro atoms. The lowest BCUT2D eigenvalue weighted by atomic mass is 10.1. The van der Waals surface area contributed by atoms with Gasteiger partial charge in [-0.15, -0.1) is 6.58 Å². The van der Waals surface area contributed by atoms with Crippen LogP contribution >= 0.6 is 0 Å². The Bertz CT molecular complexity index is 622. The Morgan fingerprint density at radius 3 is 1.26 bits per heavy atom. The quantitative estimate of drug-likeness (QED) is 0.0465. The van der Waals surface area contributed by atoms with Gasteiger partial charge in [0.1, 0.15) is 0 Å². The zero-order chi connectivity index (χ0) is 29.1. The summed E-state index contributed by atoms with van der Waals surface area (Å²) in [7, 11) is 0. The third kappa shape index (κ3) is 40.0. The van der Waals surface area contributed by atoms with Gasteiger partial charge < -0.3 is 14.9 Å². The number of Topliss-reactive ketones (excluding diaryl/α,β-unsaturated/α-hetero) is 4. The molecule has 0 rings (SSSR count). The van der Waals surface area contributed by atoms with Crippen molar-refractivity contribution < 1.29 is 34.1 Å². The molecule has 0 aliphatic rings. The van der Waals surface area contributed by atoms with E-state index in [1.165, 1.54) is 97.2 Å². The molecular weight excluding hydrogens is 532 g/mol. The summed E-state index contributed by atoms with van der Waals surface area (Å²) in [5.74, 6) is -5.19. The van der Waals surface area contributed by atoms with Gasteiger partial charge in [0.05, 0.1) is 6.26 Å². The molecule has 0 unspecified atom stereocenters. The van der Waals surface area contributed by atoms with Crippen molar-refractivity contribution >= 4 is 23.1 Å². The lowest BCUT2D eigenvalue weighted by Gasteiger charge is -2.12. The maximum atomic E-state index is 11.1. The van der Waals surface area contributed by atoms with Gasteiger partial charge in [-0.3, -0.25) is 19.2 Å². The van der Waals surface area contributed by atoms with E-state index in [-0.39, 0.29) is 48.7 Å². The second-order valence-electron chi connectivity index (χ2n) is 9.30. The minimum Gasteiger partial charge on any atom is -0.483 e. The van der Waals surface area contributed by atoms with Crippen molar-refractivity contribution in [1.29, 1.82) is 0 Å². The van der Waals surface area contributed by atoms with Crippen LogP contribution in [0.2, 0.25) is 0 Å². The Morgan fingerprint density at radius 1 is 0.643 bits per heavy atom. The first-order chi connectivity index (χ1) is 17.4. The zero-order valence-electron chi connectivity index (χ0n) is 24.4. The molecule has 0 aromatic carbocycles. The van der Waals surface area contributed by atoms with Crippen LogP contribution < -0.4 is 0 Å². The van der Waals surface area contributed by atoms with E-state index in [0.29, 0.717) is 0 Å². The summed E-state index contributed by atoms with van der Waals surface area (Å²) in [6, 6.07) is 0. The van der Waals surface area contributed by atoms with Crippen LogP contribution in [0.25, 0.3) is 0 Å². The third-order valence-corrected chi connectivity index (χ3v) is 5.52. The molecule has 0 aliphatic carbocycles. The van der Waals surface area contributed by atoms with Gasteiger partial charge in [-0.2, -0.15) is 0 Å². The second kappa shape index (κ2) is 41.0. The van der Waals surface area contributed by atoms with Crippen LogP contribution in [0.5, 0.6) is 0 Å². The SMILES string of the molecule is C.C.C.C.C.C=CCCCCCCCC.CC(=O)C(O)(O)C(C)=O.CCCCCCCCC=COC(C(C)=O)C(C)=O. The smallest absolute Gasteiger partial charge is 0.284 e. The molecule has 0 amide bonds. The van der Waals surface area contributed by atoms with Gasteiger partial charge in [0.15, 0.2) is 23.1 Å². The highest BCUT2D eigenvalue weighted by molar-refractivity contribution is 6.06. The minimum atomic E-state index is -2.78. The zero-order valence-corrected chi connectivity index (χ0v) is 24.4. The molecule has 7 heteroatoms. The second-order valence-corrected chi connectivity index (χ2v) is 9.30. The van der Waals surface area contributed by atoms with Crippen molar-refractivity contribution in [3.8, 4) is 0 Å². The fourth-order valence-electron chi connectivity index (χ4n) is 3.04. The molecule has 0 aromatic rings. The molecule has 42 heavy (non-hydrogen) atoms. The predicted molar refractivity (Wildman–Crippen MR) is 184 cm³/mol. The molecule has 0 fully saturated rings. The summed E-state index contributed by atoms with van der Waals surface area (Å²) >= 11 is 0. The molecule has 0 saturated carbocycles. The van der Waals surface area contributed by atoms with Gasteiger partial charge in [0.25, 0.3) is 5.79 Å². The lowest BCUT2D eigenvalue weighted by molar-refractivity contribution is -0.186. The van der Waals surface area contributed by atoms with Crippen LogP contribution in [0, 0.1) is 0 Å². The van der Waals surface area contributed by atoms with Crippen molar-refractivity contribution in [1.82, 2.24) is 0 Å². The Hall–Kier alpha value is -2.12. The van der Waals surface area contributed by atoms with Crippen LogP contribution in [-0.4, -0.2) is 45.2 Å². The minimum absolute atomic E-state index is 0. The van der Waals surface area contributed by atoms with Crippen LogP contribution in [-0.2, 0) is 23.9 Å². The van der Waals surface area contributed by atoms with E-state index in [4.69, 9.17) is 14.9 Å². The first kappa shape index (κ1) is 59.3. The van der Waals surface area contributed by atoms with Gasteiger partial charge in [0.2, 0.25) is 6.10 Å². The lowest BCUT2D eigenvalue weighted by Crippen LogP contribution is -2.43. The number of aliphatic hydroxyl groups is 2. The molecule has 256 valence electrons. The van der Waals surface area contributed by atoms with E-state index >= 15 is 0 Å². The normalized spacial score (nSPS) is 9.45. The summed E-state index contributed by atoms with van der Waals surface area (Å²) in [5.41, 5.74) is 0. The van der Waals surface area contributed by atoms with Gasteiger partial charge in [-0.25, -0.2) is 0 Å². The number of ether oxygens (including phenoxy) is 1. The molecule has 0 aromatic heterocycles. The maximum Gasteiger partial charge on any atom is 0.284 e. The van der Waals surface area contributed by atoms with E-state index in [9.17, 15) is 19.2 Å². The largest absolute Gasteiger partial charge is 0.483 e. The molecule has 7 nitrogen and oxygen atoms in total. The first-order valence-corrected chi connectivity index (χ1v) is 13.8. The summed E-state index contributed by atoms with van der Waals surface area (Å²) in [6.45, 7) is 12.8. The molecule has 0 radical (unpaired) electrons. The van der Waals surface area contributed by atoms with Crippen molar-refractivity contribution in [3.63, 3.8) is 0 Å². The fraction of sp³-hybridized carbons (Fsp3) is 0.771. The average Bonchev–Trinajstić information content (AvgIpc) is 2.82. The van der Waals surface area contributed by atoms with Gasteiger partial charge in [-0.1, -0.05) is 121 Å². The van der Waals surface area contributed by atoms with Crippen LogP contribution in [0.3, 0.4) is 0 Å². The van der Waals surface area contributed by atoms with Crippen molar-refractivity contribution in [3.05, 3.63) is 25.0 Å². The number of carbonyl (C=O) groups excluding carboxylic acids is 4. The van der Waals surface area contributed by atoms with E-state index in [2.05, 4.69) is 20.4 Å². The molecule has 2 N–H and O–H groups in total. The van der Waals surface area contributed by atoms with E-state index in [1.807, 2.05) is 12.2 Å². The molecule has 0 heterocycles. The number of unbranched alkanes of at least 4 members (excludes halogenated alkanes) is 12. The maximum absolute atomic E-state index is 11.1.